The Hall–Kier alpha value is -0.700. The Balaban J connectivity index is 1.90. The van der Waals surface area contributed by atoms with Gasteiger partial charge in [0.25, 0.3) is 0 Å². The maximum absolute atomic E-state index is 9.53. The van der Waals surface area contributed by atoms with Gasteiger partial charge in [-0.25, -0.2) is 0 Å². The largest absolute Gasteiger partial charge is 0.499 e. The minimum absolute atomic E-state index is 0.222. The molecule has 110 valence electrons. The quantitative estimate of drug-likeness (QED) is 0.517. The van der Waals surface area contributed by atoms with Gasteiger partial charge in [-0.05, 0) is 18.9 Å². The molecule has 19 heavy (non-hydrogen) atoms. The third kappa shape index (κ3) is 7.46. The SMILES string of the molecule is CCCCCCCCCCCCc1cc(O)sc1O. The Labute approximate surface area is 121 Å². The van der Waals surface area contributed by atoms with E-state index in [1.54, 1.807) is 6.07 Å². The van der Waals surface area contributed by atoms with Crippen molar-refractivity contribution in [1.82, 2.24) is 0 Å². The summed E-state index contributed by atoms with van der Waals surface area (Å²) in [4.78, 5) is 0. The van der Waals surface area contributed by atoms with E-state index in [9.17, 15) is 10.2 Å². The molecule has 0 aliphatic rings. The van der Waals surface area contributed by atoms with Crippen LogP contribution in [-0.4, -0.2) is 10.2 Å². The molecule has 0 saturated carbocycles. The predicted octanol–water partition coefficient (Wildman–Crippen LogP) is 5.62. The lowest BCUT2D eigenvalue weighted by atomic mass is 10.0. The molecule has 0 saturated heterocycles. The maximum Gasteiger partial charge on any atom is 0.177 e. The average Bonchev–Trinajstić information content (AvgIpc) is 2.70. The smallest absolute Gasteiger partial charge is 0.177 e. The van der Waals surface area contributed by atoms with E-state index in [1.807, 2.05) is 0 Å². The maximum atomic E-state index is 9.53. The van der Waals surface area contributed by atoms with Gasteiger partial charge in [0.15, 0.2) is 10.1 Å². The molecule has 0 bridgehead atoms. The van der Waals surface area contributed by atoms with E-state index >= 15 is 0 Å². The van der Waals surface area contributed by atoms with E-state index in [-0.39, 0.29) is 10.1 Å². The van der Waals surface area contributed by atoms with Gasteiger partial charge in [0, 0.05) is 5.56 Å². The summed E-state index contributed by atoms with van der Waals surface area (Å²) in [5.41, 5.74) is 0.905. The Kier molecular flexibility index (Phi) is 8.72. The molecule has 1 aromatic heterocycles. The molecule has 0 amide bonds. The summed E-state index contributed by atoms with van der Waals surface area (Å²) in [6.45, 7) is 2.25. The van der Waals surface area contributed by atoms with Gasteiger partial charge in [-0.2, -0.15) is 0 Å². The zero-order chi connectivity index (χ0) is 13.9. The second kappa shape index (κ2) is 10.1. The zero-order valence-corrected chi connectivity index (χ0v) is 13.0. The number of unbranched alkanes of at least 4 members (excludes halogenated alkanes) is 9. The van der Waals surface area contributed by atoms with Crippen LogP contribution in [0, 0.1) is 0 Å². The number of aromatic hydroxyl groups is 2. The van der Waals surface area contributed by atoms with Crippen molar-refractivity contribution in [1.29, 1.82) is 0 Å². The Morgan fingerprint density at radius 2 is 1.37 bits per heavy atom. The summed E-state index contributed by atoms with van der Waals surface area (Å²) >= 11 is 1.06. The molecule has 2 N–H and O–H groups in total. The fourth-order valence-corrected chi connectivity index (χ4v) is 3.08. The third-order valence-electron chi connectivity index (χ3n) is 3.57. The van der Waals surface area contributed by atoms with Crippen LogP contribution in [0.4, 0.5) is 0 Å². The van der Waals surface area contributed by atoms with Crippen molar-refractivity contribution >= 4 is 11.3 Å². The molecular formula is C16H28O2S. The molecule has 0 aliphatic carbocycles. The summed E-state index contributed by atoms with van der Waals surface area (Å²) < 4.78 is 0. The van der Waals surface area contributed by atoms with Crippen LogP contribution in [0.15, 0.2) is 6.07 Å². The lowest BCUT2D eigenvalue weighted by Crippen LogP contribution is -1.85. The van der Waals surface area contributed by atoms with E-state index in [0.717, 1.165) is 29.7 Å². The lowest BCUT2D eigenvalue weighted by Gasteiger charge is -2.02. The highest BCUT2D eigenvalue weighted by molar-refractivity contribution is 7.15. The van der Waals surface area contributed by atoms with Crippen molar-refractivity contribution in [2.75, 3.05) is 0 Å². The molecule has 0 fully saturated rings. The Morgan fingerprint density at radius 3 is 1.84 bits per heavy atom. The summed E-state index contributed by atoms with van der Waals surface area (Å²) in [6, 6.07) is 1.69. The standard InChI is InChI=1S/C16H28O2S/c1-2-3-4-5-6-7-8-9-10-11-12-14-13-15(17)19-16(14)18/h13,17-18H,2-12H2,1H3. The third-order valence-corrected chi connectivity index (χ3v) is 4.36. The first-order valence-electron chi connectivity index (χ1n) is 7.74. The highest BCUT2D eigenvalue weighted by atomic mass is 32.1. The molecule has 0 aliphatic heterocycles. The minimum atomic E-state index is 0.222. The fraction of sp³-hybridized carbons (Fsp3) is 0.750. The molecule has 0 atom stereocenters. The van der Waals surface area contributed by atoms with Gasteiger partial charge in [0.1, 0.15) is 0 Å². The van der Waals surface area contributed by atoms with Crippen LogP contribution in [-0.2, 0) is 6.42 Å². The minimum Gasteiger partial charge on any atom is -0.499 e. The van der Waals surface area contributed by atoms with Gasteiger partial charge in [0.05, 0.1) is 0 Å². The summed E-state index contributed by atoms with van der Waals surface area (Å²) in [5, 5.41) is 19.3. The molecule has 0 radical (unpaired) electrons. The van der Waals surface area contributed by atoms with Gasteiger partial charge in [-0.3, -0.25) is 0 Å². The van der Waals surface area contributed by atoms with Crippen molar-refractivity contribution in [3.8, 4) is 10.1 Å². The summed E-state index contributed by atoms with van der Waals surface area (Å²) in [6.07, 6.45) is 14.1. The number of rotatable bonds is 11. The van der Waals surface area contributed by atoms with Gasteiger partial charge in [0.2, 0.25) is 0 Å². The van der Waals surface area contributed by atoms with Crippen molar-refractivity contribution < 1.29 is 10.2 Å². The van der Waals surface area contributed by atoms with E-state index < -0.39 is 0 Å². The summed E-state index contributed by atoms with van der Waals surface area (Å²) in [5.74, 6) is 0. The first-order chi connectivity index (χ1) is 9.24. The molecule has 2 nitrogen and oxygen atoms in total. The van der Waals surface area contributed by atoms with E-state index in [0.29, 0.717) is 0 Å². The van der Waals surface area contributed by atoms with Gasteiger partial charge in [-0.15, -0.1) is 0 Å². The normalized spacial score (nSPS) is 11.0. The van der Waals surface area contributed by atoms with Crippen LogP contribution in [0.1, 0.15) is 76.7 Å². The van der Waals surface area contributed by atoms with Crippen LogP contribution in [0.2, 0.25) is 0 Å². The molecule has 1 rings (SSSR count). The second-order valence-electron chi connectivity index (χ2n) is 5.35. The lowest BCUT2D eigenvalue weighted by molar-refractivity contribution is 0.481. The molecule has 0 unspecified atom stereocenters. The first kappa shape index (κ1) is 16.4. The summed E-state index contributed by atoms with van der Waals surface area (Å²) in [7, 11) is 0. The van der Waals surface area contributed by atoms with Crippen LogP contribution >= 0.6 is 11.3 Å². The Bertz CT molecular complexity index is 333. The molecule has 0 spiro atoms. The molecule has 1 heterocycles. The van der Waals surface area contributed by atoms with Gasteiger partial charge >= 0.3 is 0 Å². The topological polar surface area (TPSA) is 40.5 Å². The van der Waals surface area contributed by atoms with Crippen LogP contribution < -0.4 is 0 Å². The first-order valence-corrected chi connectivity index (χ1v) is 8.56. The van der Waals surface area contributed by atoms with E-state index in [1.165, 1.54) is 57.8 Å². The molecule has 0 aromatic carbocycles. The van der Waals surface area contributed by atoms with Crippen LogP contribution in [0.5, 0.6) is 10.1 Å². The van der Waals surface area contributed by atoms with Crippen molar-refractivity contribution in [3.05, 3.63) is 11.6 Å². The molecule has 3 heteroatoms. The average molecular weight is 284 g/mol. The van der Waals surface area contributed by atoms with Crippen LogP contribution in [0.25, 0.3) is 0 Å². The monoisotopic (exact) mass is 284 g/mol. The number of aryl methyl sites for hydroxylation is 1. The van der Waals surface area contributed by atoms with Crippen LogP contribution in [0.3, 0.4) is 0 Å². The predicted molar refractivity (Wildman–Crippen MR) is 83.2 cm³/mol. The fourth-order valence-electron chi connectivity index (χ4n) is 2.39. The van der Waals surface area contributed by atoms with Crippen molar-refractivity contribution in [2.24, 2.45) is 0 Å². The van der Waals surface area contributed by atoms with E-state index in [2.05, 4.69) is 6.92 Å². The zero-order valence-electron chi connectivity index (χ0n) is 12.2. The highest BCUT2D eigenvalue weighted by Crippen LogP contribution is 2.34. The van der Waals surface area contributed by atoms with Gasteiger partial charge in [-0.1, -0.05) is 76.0 Å². The molecular weight excluding hydrogens is 256 g/mol. The molecule has 1 aromatic rings. The number of hydrogen-bond acceptors (Lipinski definition) is 3. The van der Waals surface area contributed by atoms with Gasteiger partial charge < -0.3 is 10.2 Å². The Morgan fingerprint density at radius 1 is 0.842 bits per heavy atom. The van der Waals surface area contributed by atoms with Crippen molar-refractivity contribution in [2.45, 2.75) is 77.6 Å². The highest BCUT2D eigenvalue weighted by Gasteiger charge is 2.06. The second-order valence-corrected chi connectivity index (χ2v) is 6.36. The number of hydrogen-bond donors (Lipinski definition) is 2. The van der Waals surface area contributed by atoms with E-state index in [4.69, 9.17) is 0 Å². The van der Waals surface area contributed by atoms with Crippen molar-refractivity contribution in [3.63, 3.8) is 0 Å². The number of thiophene rings is 1.